The van der Waals surface area contributed by atoms with Crippen LogP contribution in [0.1, 0.15) is 18.3 Å². The first-order chi connectivity index (χ1) is 6.66. The number of rotatable bonds is 2. The first-order valence-corrected chi connectivity index (χ1v) is 4.72. The molecular formula is C10H14N4. The summed E-state index contributed by atoms with van der Waals surface area (Å²) in [5.74, 6) is 0.910. The van der Waals surface area contributed by atoms with Crippen molar-refractivity contribution in [3.8, 4) is 0 Å². The number of aryl methyl sites for hydroxylation is 1. The largest absolute Gasteiger partial charge is 0.328 e. The van der Waals surface area contributed by atoms with Crippen molar-refractivity contribution < 1.29 is 0 Å². The molecule has 0 amide bonds. The maximum atomic E-state index is 5.73. The van der Waals surface area contributed by atoms with E-state index in [0.29, 0.717) is 0 Å². The smallest absolute Gasteiger partial charge is 0.161 e. The fourth-order valence-electron chi connectivity index (χ4n) is 1.55. The van der Waals surface area contributed by atoms with E-state index in [1.165, 1.54) is 5.56 Å². The number of hydrogen-bond donors (Lipinski definition) is 1. The van der Waals surface area contributed by atoms with Crippen molar-refractivity contribution in [2.45, 2.75) is 26.3 Å². The molecular weight excluding hydrogens is 176 g/mol. The van der Waals surface area contributed by atoms with Crippen LogP contribution in [0.2, 0.25) is 0 Å². The lowest BCUT2D eigenvalue weighted by Gasteiger charge is -2.04. The fraction of sp³-hybridized carbons (Fsp3) is 0.400. The predicted molar refractivity (Wildman–Crippen MR) is 55.1 cm³/mol. The van der Waals surface area contributed by atoms with Crippen molar-refractivity contribution in [1.82, 2.24) is 14.6 Å². The van der Waals surface area contributed by atoms with Crippen LogP contribution in [0.5, 0.6) is 0 Å². The molecule has 1 atom stereocenters. The lowest BCUT2D eigenvalue weighted by molar-refractivity contribution is 0.737. The zero-order valence-electron chi connectivity index (χ0n) is 8.44. The average molecular weight is 190 g/mol. The summed E-state index contributed by atoms with van der Waals surface area (Å²) in [5.41, 5.74) is 7.83. The van der Waals surface area contributed by atoms with Gasteiger partial charge >= 0.3 is 0 Å². The Bertz CT molecular complexity index is 444. The molecule has 0 spiro atoms. The highest BCUT2D eigenvalue weighted by atomic mass is 15.2. The van der Waals surface area contributed by atoms with Crippen molar-refractivity contribution >= 4 is 5.65 Å². The van der Waals surface area contributed by atoms with E-state index in [9.17, 15) is 0 Å². The van der Waals surface area contributed by atoms with Gasteiger partial charge in [0, 0.05) is 12.2 Å². The van der Waals surface area contributed by atoms with Crippen molar-refractivity contribution in [3.63, 3.8) is 0 Å². The lowest BCUT2D eigenvalue weighted by atomic mass is 10.1. The van der Waals surface area contributed by atoms with Gasteiger partial charge in [0.05, 0.1) is 0 Å². The summed E-state index contributed by atoms with van der Waals surface area (Å²) >= 11 is 0. The molecule has 0 bridgehead atoms. The third-order valence-corrected chi connectivity index (χ3v) is 2.20. The van der Waals surface area contributed by atoms with E-state index in [2.05, 4.69) is 16.3 Å². The van der Waals surface area contributed by atoms with Gasteiger partial charge in [0.15, 0.2) is 5.65 Å². The third-order valence-electron chi connectivity index (χ3n) is 2.20. The number of nitrogens with two attached hydrogens (primary N) is 1. The van der Waals surface area contributed by atoms with E-state index >= 15 is 0 Å². The monoisotopic (exact) mass is 190 g/mol. The van der Waals surface area contributed by atoms with Gasteiger partial charge in [0.25, 0.3) is 0 Å². The second-order valence-corrected chi connectivity index (χ2v) is 3.69. The van der Waals surface area contributed by atoms with Gasteiger partial charge in [-0.05, 0) is 38.0 Å². The summed E-state index contributed by atoms with van der Waals surface area (Å²) < 4.78 is 1.96. The minimum atomic E-state index is 0.182. The molecule has 1 unspecified atom stereocenters. The summed E-state index contributed by atoms with van der Waals surface area (Å²) in [6, 6.07) is 4.28. The lowest BCUT2D eigenvalue weighted by Crippen LogP contribution is -2.17. The molecule has 0 aliphatic heterocycles. The maximum absolute atomic E-state index is 5.73. The Morgan fingerprint density at radius 1 is 1.50 bits per heavy atom. The number of aromatic nitrogens is 3. The molecule has 0 aliphatic carbocycles. The molecule has 74 valence electrons. The van der Waals surface area contributed by atoms with E-state index < -0.39 is 0 Å². The van der Waals surface area contributed by atoms with E-state index in [4.69, 9.17) is 5.73 Å². The minimum Gasteiger partial charge on any atom is -0.328 e. The molecule has 0 radical (unpaired) electrons. The standard InChI is InChI=1S/C10H14N4/c1-7(11)5-9-3-4-14-8(2)12-13-10(14)6-9/h3-4,6-7H,5,11H2,1-2H3. The van der Waals surface area contributed by atoms with Crippen LogP contribution in [0, 0.1) is 6.92 Å². The van der Waals surface area contributed by atoms with Gasteiger partial charge in [0.1, 0.15) is 5.82 Å². The van der Waals surface area contributed by atoms with Crippen molar-refractivity contribution in [3.05, 3.63) is 29.7 Å². The predicted octanol–water partition coefficient (Wildman–Crippen LogP) is 0.927. The Hall–Kier alpha value is -1.42. The van der Waals surface area contributed by atoms with Gasteiger partial charge in [0.2, 0.25) is 0 Å². The normalized spacial score (nSPS) is 13.4. The van der Waals surface area contributed by atoms with Crippen LogP contribution < -0.4 is 5.73 Å². The zero-order chi connectivity index (χ0) is 10.1. The van der Waals surface area contributed by atoms with E-state index in [-0.39, 0.29) is 6.04 Å². The van der Waals surface area contributed by atoms with Crippen molar-refractivity contribution in [2.24, 2.45) is 5.73 Å². The molecule has 2 rings (SSSR count). The third kappa shape index (κ3) is 1.61. The fourth-order valence-corrected chi connectivity index (χ4v) is 1.55. The van der Waals surface area contributed by atoms with Crippen LogP contribution in [0.25, 0.3) is 5.65 Å². The van der Waals surface area contributed by atoms with E-state index in [0.717, 1.165) is 17.9 Å². The molecule has 4 nitrogen and oxygen atoms in total. The van der Waals surface area contributed by atoms with Crippen LogP contribution in [0.3, 0.4) is 0 Å². The van der Waals surface area contributed by atoms with E-state index in [1.54, 1.807) is 0 Å². The first kappa shape index (κ1) is 9.15. The molecule has 2 heterocycles. The van der Waals surface area contributed by atoms with Crippen LogP contribution in [-0.4, -0.2) is 20.6 Å². The number of hydrogen-bond acceptors (Lipinski definition) is 3. The highest BCUT2D eigenvalue weighted by Gasteiger charge is 2.03. The second-order valence-electron chi connectivity index (χ2n) is 3.69. The minimum absolute atomic E-state index is 0.182. The van der Waals surface area contributed by atoms with Gasteiger partial charge in [-0.1, -0.05) is 0 Å². The number of nitrogens with zero attached hydrogens (tertiary/aromatic N) is 3. The summed E-state index contributed by atoms with van der Waals surface area (Å²) in [5, 5.41) is 8.06. The summed E-state index contributed by atoms with van der Waals surface area (Å²) in [4.78, 5) is 0. The zero-order valence-corrected chi connectivity index (χ0v) is 8.44. The molecule has 0 saturated heterocycles. The molecule has 0 fully saturated rings. The van der Waals surface area contributed by atoms with Gasteiger partial charge in [-0.3, -0.25) is 4.40 Å². The Labute approximate surface area is 82.8 Å². The SMILES string of the molecule is Cc1nnc2cc(CC(C)N)ccn12. The molecule has 14 heavy (non-hydrogen) atoms. The Morgan fingerprint density at radius 2 is 2.29 bits per heavy atom. The maximum Gasteiger partial charge on any atom is 0.161 e. The summed E-state index contributed by atoms with van der Waals surface area (Å²) in [6.07, 6.45) is 2.87. The first-order valence-electron chi connectivity index (χ1n) is 4.72. The Balaban J connectivity index is 2.42. The van der Waals surface area contributed by atoms with E-state index in [1.807, 2.05) is 30.5 Å². The summed E-state index contributed by atoms with van der Waals surface area (Å²) in [6.45, 7) is 3.94. The number of fused-ring (bicyclic) bond motifs is 1. The highest BCUT2D eigenvalue weighted by molar-refractivity contribution is 5.41. The molecule has 2 aromatic rings. The van der Waals surface area contributed by atoms with Crippen LogP contribution in [-0.2, 0) is 6.42 Å². The Morgan fingerprint density at radius 3 is 3.00 bits per heavy atom. The quantitative estimate of drug-likeness (QED) is 0.766. The molecule has 2 N–H and O–H groups in total. The van der Waals surface area contributed by atoms with Crippen molar-refractivity contribution in [1.29, 1.82) is 0 Å². The Kier molecular flexibility index (Phi) is 2.21. The van der Waals surface area contributed by atoms with Gasteiger partial charge in [-0.2, -0.15) is 0 Å². The average Bonchev–Trinajstić information content (AvgIpc) is 2.46. The second kappa shape index (κ2) is 3.38. The molecule has 2 aromatic heterocycles. The molecule has 0 aliphatic rings. The molecule has 0 aromatic carbocycles. The highest BCUT2D eigenvalue weighted by Crippen LogP contribution is 2.08. The number of pyridine rings is 1. The van der Waals surface area contributed by atoms with Crippen molar-refractivity contribution in [2.75, 3.05) is 0 Å². The summed E-state index contributed by atoms with van der Waals surface area (Å²) in [7, 11) is 0. The van der Waals surface area contributed by atoms with Gasteiger partial charge in [-0.25, -0.2) is 0 Å². The van der Waals surface area contributed by atoms with Crippen LogP contribution >= 0.6 is 0 Å². The van der Waals surface area contributed by atoms with Crippen LogP contribution in [0.4, 0.5) is 0 Å². The van der Waals surface area contributed by atoms with Gasteiger partial charge in [-0.15, -0.1) is 10.2 Å². The van der Waals surface area contributed by atoms with Gasteiger partial charge < -0.3 is 5.73 Å². The van der Waals surface area contributed by atoms with Crippen LogP contribution in [0.15, 0.2) is 18.3 Å². The molecule has 0 saturated carbocycles. The molecule has 4 heteroatoms. The topological polar surface area (TPSA) is 56.2 Å².